The smallest absolute Gasteiger partial charge is 0.254 e. The first-order valence-corrected chi connectivity index (χ1v) is 9.39. The monoisotopic (exact) mass is 328 g/mol. The van der Waals surface area contributed by atoms with Gasteiger partial charge in [0.2, 0.25) is 0 Å². The van der Waals surface area contributed by atoms with Crippen LogP contribution in [0.2, 0.25) is 0 Å². The lowest BCUT2D eigenvalue weighted by Gasteiger charge is -2.35. The quantitative estimate of drug-likeness (QED) is 0.855. The zero-order valence-electron chi connectivity index (χ0n) is 14.6. The molecular weight excluding hydrogens is 300 g/mol. The van der Waals surface area contributed by atoms with E-state index in [1.54, 1.807) is 0 Å². The zero-order valence-corrected chi connectivity index (χ0v) is 14.6. The Labute approximate surface area is 144 Å². The van der Waals surface area contributed by atoms with Crippen LogP contribution in [0.15, 0.2) is 24.3 Å². The first-order chi connectivity index (χ1) is 11.7. The third kappa shape index (κ3) is 3.22. The first-order valence-electron chi connectivity index (χ1n) is 9.39. The summed E-state index contributed by atoms with van der Waals surface area (Å²) in [5.41, 5.74) is 1.95. The highest BCUT2D eigenvalue weighted by Crippen LogP contribution is 2.32. The molecule has 0 aromatic heterocycles. The molecule has 3 aliphatic rings. The number of aryl methyl sites for hydroxylation is 1. The van der Waals surface area contributed by atoms with E-state index in [2.05, 4.69) is 9.80 Å². The number of benzene rings is 1. The summed E-state index contributed by atoms with van der Waals surface area (Å²) in [4.78, 5) is 17.5. The second-order valence-electron chi connectivity index (χ2n) is 7.73. The third-order valence-electron chi connectivity index (χ3n) is 6.03. The van der Waals surface area contributed by atoms with Crippen molar-refractivity contribution < 1.29 is 9.53 Å². The molecule has 3 fully saturated rings. The van der Waals surface area contributed by atoms with Gasteiger partial charge < -0.3 is 14.5 Å². The fourth-order valence-electron chi connectivity index (χ4n) is 4.64. The predicted molar refractivity (Wildman–Crippen MR) is 94.1 cm³/mol. The van der Waals surface area contributed by atoms with Gasteiger partial charge in [-0.2, -0.15) is 0 Å². The van der Waals surface area contributed by atoms with Gasteiger partial charge in [0, 0.05) is 38.3 Å². The minimum absolute atomic E-state index is 0.216. The normalized spacial score (nSPS) is 30.5. The molecule has 0 aliphatic carbocycles. The largest absolute Gasteiger partial charge is 0.377 e. The molecular formula is C20H28N2O2. The molecule has 4 heteroatoms. The number of rotatable bonds is 3. The molecule has 0 spiro atoms. The molecule has 3 saturated heterocycles. The highest BCUT2D eigenvalue weighted by molar-refractivity contribution is 5.95. The molecule has 0 bridgehead atoms. The number of piperidine rings is 1. The lowest BCUT2D eigenvalue weighted by atomic mass is 9.88. The number of nitrogens with zero attached hydrogens (tertiary/aromatic N) is 2. The van der Waals surface area contributed by atoms with E-state index in [0.717, 1.165) is 50.5 Å². The SMILES string of the molecule is Cc1ccccc1C(=O)N1C[C@H]2CCN(CC3CCCO3)C[C@H]2C1. The standard InChI is InChI=1S/C20H28N2O2/c1-15-5-2-3-7-19(15)20(23)22-12-16-8-9-21(11-17(16)13-22)14-18-6-4-10-24-18/h2-3,5,7,16-18H,4,6,8-14H2,1H3/t16-,17+,18?/m1/s1. The molecule has 0 saturated carbocycles. The van der Waals surface area contributed by atoms with Gasteiger partial charge in [0.1, 0.15) is 0 Å². The van der Waals surface area contributed by atoms with E-state index in [9.17, 15) is 4.79 Å². The van der Waals surface area contributed by atoms with Crippen LogP contribution < -0.4 is 0 Å². The Morgan fingerprint density at radius 3 is 2.79 bits per heavy atom. The van der Waals surface area contributed by atoms with E-state index in [1.807, 2.05) is 31.2 Å². The van der Waals surface area contributed by atoms with E-state index in [4.69, 9.17) is 4.74 Å². The van der Waals surface area contributed by atoms with Crippen molar-refractivity contribution in [3.63, 3.8) is 0 Å². The van der Waals surface area contributed by atoms with Gasteiger partial charge in [-0.15, -0.1) is 0 Å². The second-order valence-corrected chi connectivity index (χ2v) is 7.73. The van der Waals surface area contributed by atoms with Gasteiger partial charge >= 0.3 is 0 Å². The Hall–Kier alpha value is -1.39. The van der Waals surface area contributed by atoms with Crippen LogP contribution in [0.25, 0.3) is 0 Å². The minimum atomic E-state index is 0.216. The van der Waals surface area contributed by atoms with E-state index in [1.165, 1.54) is 19.3 Å². The molecule has 0 radical (unpaired) electrons. The number of hydrogen-bond donors (Lipinski definition) is 0. The van der Waals surface area contributed by atoms with Crippen molar-refractivity contribution in [3.05, 3.63) is 35.4 Å². The number of amides is 1. The fourth-order valence-corrected chi connectivity index (χ4v) is 4.64. The summed E-state index contributed by atoms with van der Waals surface area (Å²) >= 11 is 0. The number of fused-ring (bicyclic) bond motifs is 1. The molecule has 1 unspecified atom stereocenters. The Kier molecular flexibility index (Phi) is 4.59. The van der Waals surface area contributed by atoms with Gasteiger partial charge in [-0.05, 0) is 56.2 Å². The topological polar surface area (TPSA) is 32.8 Å². The predicted octanol–water partition coefficient (Wildman–Crippen LogP) is 2.57. The summed E-state index contributed by atoms with van der Waals surface area (Å²) in [5.74, 6) is 1.53. The Bertz CT molecular complexity index is 597. The van der Waals surface area contributed by atoms with Crippen LogP contribution in [0.3, 0.4) is 0 Å². The lowest BCUT2D eigenvalue weighted by molar-refractivity contribution is 0.0506. The second kappa shape index (κ2) is 6.85. The fraction of sp³-hybridized carbons (Fsp3) is 0.650. The van der Waals surface area contributed by atoms with E-state index < -0.39 is 0 Å². The maximum Gasteiger partial charge on any atom is 0.254 e. The Balaban J connectivity index is 1.37. The van der Waals surface area contributed by atoms with Crippen LogP contribution in [-0.2, 0) is 4.74 Å². The van der Waals surface area contributed by atoms with Crippen LogP contribution in [-0.4, -0.2) is 61.1 Å². The van der Waals surface area contributed by atoms with Crippen molar-refractivity contribution in [2.24, 2.45) is 11.8 Å². The van der Waals surface area contributed by atoms with Gasteiger partial charge in [-0.25, -0.2) is 0 Å². The highest BCUT2D eigenvalue weighted by Gasteiger charge is 2.39. The highest BCUT2D eigenvalue weighted by atomic mass is 16.5. The zero-order chi connectivity index (χ0) is 16.5. The van der Waals surface area contributed by atoms with Crippen LogP contribution in [0, 0.1) is 18.8 Å². The van der Waals surface area contributed by atoms with Crippen LogP contribution in [0.5, 0.6) is 0 Å². The van der Waals surface area contributed by atoms with Gasteiger partial charge in [0.25, 0.3) is 5.91 Å². The van der Waals surface area contributed by atoms with Crippen molar-refractivity contribution in [2.45, 2.75) is 32.3 Å². The molecule has 3 atom stereocenters. The molecule has 1 aromatic carbocycles. The molecule has 1 amide bonds. The lowest BCUT2D eigenvalue weighted by Crippen LogP contribution is -2.43. The maximum atomic E-state index is 12.9. The van der Waals surface area contributed by atoms with Gasteiger partial charge in [-0.3, -0.25) is 4.79 Å². The number of ether oxygens (including phenoxy) is 1. The van der Waals surface area contributed by atoms with Gasteiger partial charge in [0.15, 0.2) is 0 Å². The van der Waals surface area contributed by atoms with Crippen molar-refractivity contribution in [3.8, 4) is 0 Å². The van der Waals surface area contributed by atoms with E-state index in [-0.39, 0.29) is 5.91 Å². The molecule has 1 aromatic rings. The van der Waals surface area contributed by atoms with Gasteiger partial charge in [-0.1, -0.05) is 18.2 Å². The average Bonchev–Trinajstić information content (AvgIpc) is 3.23. The summed E-state index contributed by atoms with van der Waals surface area (Å²) in [6, 6.07) is 7.95. The van der Waals surface area contributed by atoms with Gasteiger partial charge in [0.05, 0.1) is 6.10 Å². The molecule has 4 rings (SSSR count). The van der Waals surface area contributed by atoms with Crippen molar-refractivity contribution in [1.82, 2.24) is 9.80 Å². The van der Waals surface area contributed by atoms with Crippen LogP contribution in [0.1, 0.15) is 35.2 Å². The first kappa shape index (κ1) is 16.1. The summed E-state index contributed by atoms with van der Waals surface area (Å²) in [6.45, 7) is 8.18. The molecule has 3 aliphatic heterocycles. The van der Waals surface area contributed by atoms with Crippen LogP contribution >= 0.6 is 0 Å². The Morgan fingerprint density at radius 1 is 1.17 bits per heavy atom. The summed E-state index contributed by atoms with van der Waals surface area (Å²) in [5, 5.41) is 0. The maximum absolute atomic E-state index is 12.9. The number of carbonyl (C=O) groups is 1. The summed E-state index contributed by atoms with van der Waals surface area (Å²) in [6.07, 6.45) is 4.08. The van der Waals surface area contributed by atoms with Crippen LogP contribution in [0.4, 0.5) is 0 Å². The summed E-state index contributed by atoms with van der Waals surface area (Å²) < 4.78 is 5.79. The number of likely N-dealkylation sites (tertiary alicyclic amines) is 2. The molecule has 4 nitrogen and oxygen atoms in total. The Morgan fingerprint density at radius 2 is 2.00 bits per heavy atom. The van der Waals surface area contributed by atoms with E-state index >= 15 is 0 Å². The average molecular weight is 328 g/mol. The summed E-state index contributed by atoms with van der Waals surface area (Å²) in [7, 11) is 0. The van der Waals surface area contributed by atoms with E-state index in [0.29, 0.717) is 17.9 Å². The number of carbonyl (C=O) groups excluding carboxylic acids is 1. The number of hydrogen-bond acceptors (Lipinski definition) is 3. The minimum Gasteiger partial charge on any atom is -0.377 e. The molecule has 24 heavy (non-hydrogen) atoms. The molecule has 0 N–H and O–H groups in total. The third-order valence-corrected chi connectivity index (χ3v) is 6.03. The van der Waals surface area contributed by atoms with Crippen molar-refractivity contribution >= 4 is 5.91 Å². The van der Waals surface area contributed by atoms with Crippen molar-refractivity contribution in [2.75, 3.05) is 39.3 Å². The van der Waals surface area contributed by atoms with Crippen molar-refractivity contribution in [1.29, 1.82) is 0 Å². The molecule has 3 heterocycles. The molecule has 130 valence electrons.